The molecule has 0 radical (unpaired) electrons. The Hall–Kier alpha value is -1.91. The molecule has 80 valence electrons. The van der Waals surface area contributed by atoms with E-state index in [1.165, 1.54) is 6.07 Å². The van der Waals surface area contributed by atoms with E-state index in [1.807, 2.05) is 13.8 Å². The maximum Gasteiger partial charge on any atom is 0.274 e. The second-order valence-electron chi connectivity index (χ2n) is 3.43. The van der Waals surface area contributed by atoms with Crippen molar-refractivity contribution < 1.29 is 4.92 Å². The summed E-state index contributed by atoms with van der Waals surface area (Å²) in [6, 6.07) is 4.93. The van der Waals surface area contributed by atoms with Crippen LogP contribution >= 0.6 is 0 Å². The molecule has 0 spiro atoms. The standard InChI is InChI=1S/C10H13N3O2/c1-7(2)11-12-9-5-4-8(3)10(6-9)13(14)15/h4-6,12H,1-3H3. The van der Waals surface area contributed by atoms with Gasteiger partial charge in [-0.2, -0.15) is 5.10 Å². The molecule has 0 aliphatic rings. The molecule has 0 unspecified atom stereocenters. The first kappa shape index (κ1) is 11.2. The third kappa shape index (κ3) is 3.05. The van der Waals surface area contributed by atoms with E-state index in [-0.39, 0.29) is 5.69 Å². The van der Waals surface area contributed by atoms with E-state index in [4.69, 9.17) is 0 Å². The Morgan fingerprint density at radius 2 is 2.13 bits per heavy atom. The van der Waals surface area contributed by atoms with Gasteiger partial charge in [-0.3, -0.25) is 15.5 Å². The highest BCUT2D eigenvalue weighted by atomic mass is 16.6. The SMILES string of the molecule is CC(C)=NNc1ccc(C)c([N+](=O)[O-])c1. The minimum absolute atomic E-state index is 0.101. The van der Waals surface area contributed by atoms with Crippen LogP contribution in [0.1, 0.15) is 19.4 Å². The summed E-state index contributed by atoms with van der Waals surface area (Å²) in [7, 11) is 0. The van der Waals surface area contributed by atoms with Crippen LogP contribution in [0.4, 0.5) is 11.4 Å². The Morgan fingerprint density at radius 3 is 2.67 bits per heavy atom. The Labute approximate surface area is 88.0 Å². The van der Waals surface area contributed by atoms with E-state index in [0.717, 1.165) is 5.71 Å². The molecular formula is C10H13N3O2. The highest BCUT2D eigenvalue weighted by Crippen LogP contribution is 2.22. The van der Waals surface area contributed by atoms with Crippen LogP contribution < -0.4 is 5.43 Å². The highest BCUT2D eigenvalue weighted by molar-refractivity contribution is 5.79. The van der Waals surface area contributed by atoms with Crippen LogP contribution in [0.3, 0.4) is 0 Å². The quantitative estimate of drug-likeness (QED) is 0.470. The van der Waals surface area contributed by atoms with Crippen molar-refractivity contribution in [1.29, 1.82) is 0 Å². The molecule has 0 fully saturated rings. The summed E-state index contributed by atoms with van der Waals surface area (Å²) >= 11 is 0. The first-order valence-corrected chi connectivity index (χ1v) is 4.52. The van der Waals surface area contributed by atoms with Gasteiger partial charge in [-0.1, -0.05) is 6.07 Å². The normalized spacial score (nSPS) is 9.53. The van der Waals surface area contributed by atoms with Gasteiger partial charge >= 0.3 is 0 Å². The first-order chi connectivity index (χ1) is 7.00. The van der Waals surface area contributed by atoms with Gasteiger partial charge in [0.15, 0.2) is 0 Å². The van der Waals surface area contributed by atoms with Crippen molar-refractivity contribution in [3.8, 4) is 0 Å². The van der Waals surface area contributed by atoms with Crippen molar-refractivity contribution in [3.05, 3.63) is 33.9 Å². The molecule has 5 heteroatoms. The Morgan fingerprint density at radius 1 is 1.47 bits per heavy atom. The van der Waals surface area contributed by atoms with E-state index >= 15 is 0 Å². The van der Waals surface area contributed by atoms with E-state index in [0.29, 0.717) is 11.3 Å². The van der Waals surface area contributed by atoms with Crippen LogP contribution in [0, 0.1) is 17.0 Å². The van der Waals surface area contributed by atoms with Gasteiger partial charge in [-0.25, -0.2) is 0 Å². The number of rotatable bonds is 3. The third-order valence-electron chi connectivity index (χ3n) is 1.81. The summed E-state index contributed by atoms with van der Waals surface area (Å²) in [6.07, 6.45) is 0. The lowest BCUT2D eigenvalue weighted by Gasteiger charge is -2.02. The second kappa shape index (κ2) is 4.54. The highest BCUT2D eigenvalue weighted by Gasteiger charge is 2.10. The number of nitro groups is 1. The zero-order chi connectivity index (χ0) is 11.4. The molecular weight excluding hydrogens is 194 g/mol. The van der Waals surface area contributed by atoms with Crippen molar-refractivity contribution >= 4 is 17.1 Å². The average molecular weight is 207 g/mol. The van der Waals surface area contributed by atoms with Gasteiger partial charge in [-0.05, 0) is 26.8 Å². The average Bonchev–Trinajstić information content (AvgIpc) is 2.16. The number of nitro benzene ring substituents is 1. The van der Waals surface area contributed by atoms with E-state index in [1.54, 1.807) is 19.1 Å². The maximum absolute atomic E-state index is 10.7. The molecule has 0 aliphatic carbocycles. The van der Waals surface area contributed by atoms with Crippen LogP contribution in [-0.2, 0) is 0 Å². The molecule has 1 rings (SSSR count). The lowest BCUT2D eigenvalue weighted by atomic mass is 10.2. The lowest BCUT2D eigenvalue weighted by Crippen LogP contribution is -1.96. The molecule has 0 bridgehead atoms. The van der Waals surface area contributed by atoms with E-state index in [9.17, 15) is 10.1 Å². The van der Waals surface area contributed by atoms with Crippen LogP contribution in [0.25, 0.3) is 0 Å². The Balaban J connectivity index is 2.98. The fourth-order valence-corrected chi connectivity index (χ4v) is 1.05. The zero-order valence-corrected chi connectivity index (χ0v) is 8.94. The maximum atomic E-state index is 10.7. The van der Waals surface area contributed by atoms with Gasteiger partial charge in [0.25, 0.3) is 5.69 Å². The predicted octanol–water partition coefficient (Wildman–Crippen LogP) is 2.71. The summed E-state index contributed by atoms with van der Waals surface area (Å²) in [5, 5.41) is 14.6. The molecule has 0 aromatic heterocycles. The van der Waals surface area contributed by atoms with Crippen molar-refractivity contribution in [3.63, 3.8) is 0 Å². The van der Waals surface area contributed by atoms with E-state index in [2.05, 4.69) is 10.5 Å². The van der Waals surface area contributed by atoms with Crippen LogP contribution in [-0.4, -0.2) is 10.6 Å². The molecule has 1 N–H and O–H groups in total. The summed E-state index contributed by atoms with van der Waals surface area (Å²) in [5.74, 6) is 0. The summed E-state index contributed by atoms with van der Waals surface area (Å²) in [6.45, 7) is 5.39. The summed E-state index contributed by atoms with van der Waals surface area (Å²) < 4.78 is 0. The van der Waals surface area contributed by atoms with E-state index < -0.39 is 4.92 Å². The molecule has 0 saturated heterocycles. The van der Waals surface area contributed by atoms with Gasteiger partial charge in [0, 0.05) is 17.3 Å². The van der Waals surface area contributed by atoms with Gasteiger partial charge in [0.1, 0.15) is 0 Å². The van der Waals surface area contributed by atoms with Crippen molar-refractivity contribution in [2.75, 3.05) is 5.43 Å². The predicted molar refractivity (Wildman–Crippen MR) is 60.2 cm³/mol. The minimum atomic E-state index is -0.400. The molecule has 0 amide bonds. The van der Waals surface area contributed by atoms with Crippen molar-refractivity contribution in [1.82, 2.24) is 0 Å². The van der Waals surface area contributed by atoms with Crippen molar-refractivity contribution in [2.45, 2.75) is 20.8 Å². The molecule has 15 heavy (non-hydrogen) atoms. The monoisotopic (exact) mass is 207 g/mol. The van der Waals surface area contributed by atoms with Gasteiger partial charge in [-0.15, -0.1) is 0 Å². The second-order valence-corrected chi connectivity index (χ2v) is 3.43. The minimum Gasteiger partial charge on any atom is -0.278 e. The number of benzene rings is 1. The fraction of sp³-hybridized carbons (Fsp3) is 0.300. The number of hydrogen-bond donors (Lipinski definition) is 1. The number of nitrogens with zero attached hydrogens (tertiary/aromatic N) is 2. The number of hydrazone groups is 1. The molecule has 1 aromatic carbocycles. The molecule has 0 saturated carbocycles. The zero-order valence-electron chi connectivity index (χ0n) is 8.94. The Bertz CT molecular complexity index is 409. The molecule has 0 atom stereocenters. The number of hydrogen-bond acceptors (Lipinski definition) is 4. The molecule has 0 aliphatic heterocycles. The van der Waals surface area contributed by atoms with Crippen molar-refractivity contribution in [2.24, 2.45) is 5.10 Å². The smallest absolute Gasteiger partial charge is 0.274 e. The molecule has 0 heterocycles. The Kier molecular flexibility index (Phi) is 3.38. The number of aryl methyl sites for hydroxylation is 1. The van der Waals surface area contributed by atoms with Crippen LogP contribution in [0.2, 0.25) is 0 Å². The fourth-order valence-electron chi connectivity index (χ4n) is 1.05. The van der Waals surface area contributed by atoms with Crippen LogP contribution in [0.15, 0.2) is 23.3 Å². The van der Waals surface area contributed by atoms with Gasteiger partial charge in [0.05, 0.1) is 10.6 Å². The molecule has 1 aromatic rings. The molecule has 5 nitrogen and oxygen atoms in total. The number of nitrogens with one attached hydrogen (secondary N) is 1. The largest absolute Gasteiger partial charge is 0.278 e. The third-order valence-corrected chi connectivity index (χ3v) is 1.81. The summed E-state index contributed by atoms with van der Waals surface area (Å²) in [5.41, 5.74) is 4.97. The number of anilines is 1. The topological polar surface area (TPSA) is 67.5 Å². The van der Waals surface area contributed by atoms with Gasteiger partial charge in [0.2, 0.25) is 0 Å². The first-order valence-electron chi connectivity index (χ1n) is 4.52. The summed E-state index contributed by atoms with van der Waals surface area (Å²) in [4.78, 5) is 10.3. The lowest BCUT2D eigenvalue weighted by molar-refractivity contribution is -0.385. The van der Waals surface area contributed by atoms with Gasteiger partial charge < -0.3 is 0 Å². The van der Waals surface area contributed by atoms with Crippen LogP contribution in [0.5, 0.6) is 0 Å².